The summed E-state index contributed by atoms with van der Waals surface area (Å²) in [5.74, 6) is 1.87. The number of pyridine rings is 1. The second-order valence-electron chi connectivity index (χ2n) is 4.33. The quantitative estimate of drug-likeness (QED) is 0.856. The first kappa shape index (κ1) is 11.1. The standard InChI is InChI=1S/C13H15N5/c1-2-6-15-12(3-1)18-13-16-8-5-11(17-13)10-4-7-14-9-10/h1-3,5-6,8,10,14H,4,7,9H2,(H,15,16,17,18)/t10-/m0/s1. The van der Waals surface area contributed by atoms with E-state index in [1.807, 2.05) is 24.3 Å². The van der Waals surface area contributed by atoms with Crippen LogP contribution in [0.15, 0.2) is 36.7 Å². The molecule has 0 radical (unpaired) electrons. The van der Waals surface area contributed by atoms with Crippen LogP contribution in [0.3, 0.4) is 0 Å². The average molecular weight is 241 g/mol. The van der Waals surface area contributed by atoms with E-state index >= 15 is 0 Å². The van der Waals surface area contributed by atoms with Crippen LogP contribution in [-0.4, -0.2) is 28.0 Å². The molecular formula is C13H15N5. The number of nitrogens with one attached hydrogen (secondary N) is 2. The molecule has 0 bridgehead atoms. The lowest BCUT2D eigenvalue weighted by Gasteiger charge is -2.09. The molecule has 1 saturated heterocycles. The van der Waals surface area contributed by atoms with Gasteiger partial charge in [0, 0.05) is 24.9 Å². The molecule has 1 aliphatic rings. The molecule has 5 heteroatoms. The van der Waals surface area contributed by atoms with Crippen molar-refractivity contribution in [2.24, 2.45) is 0 Å². The Morgan fingerprint density at radius 3 is 2.94 bits per heavy atom. The molecule has 5 nitrogen and oxygen atoms in total. The van der Waals surface area contributed by atoms with Crippen LogP contribution in [0.4, 0.5) is 11.8 Å². The Hall–Kier alpha value is -2.01. The smallest absolute Gasteiger partial charge is 0.228 e. The van der Waals surface area contributed by atoms with Gasteiger partial charge in [0.1, 0.15) is 5.82 Å². The second kappa shape index (κ2) is 5.10. The van der Waals surface area contributed by atoms with Crippen LogP contribution in [0.25, 0.3) is 0 Å². The summed E-state index contributed by atoms with van der Waals surface area (Å²) < 4.78 is 0. The molecule has 1 fully saturated rings. The number of rotatable bonds is 3. The second-order valence-corrected chi connectivity index (χ2v) is 4.33. The molecule has 0 aliphatic carbocycles. The maximum Gasteiger partial charge on any atom is 0.228 e. The van der Waals surface area contributed by atoms with E-state index in [-0.39, 0.29) is 0 Å². The molecule has 3 rings (SSSR count). The van der Waals surface area contributed by atoms with E-state index in [0.717, 1.165) is 31.0 Å². The first-order valence-corrected chi connectivity index (χ1v) is 6.13. The van der Waals surface area contributed by atoms with Gasteiger partial charge in [-0.3, -0.25) is 0 Å². The SMILES string of the molecule is c1ccc(Nc2nccc([C@H]3CCNC3)n2)nc1. The normalized spacial score (nSPS) is 18.8. The van der Waals surface area contributed by atoms with Crippen LogP contribution in [0.2, 0.25) is 0 Å². The molecule has 3 heterocycles. The summed E-state index contributed by atoms with van der Waals surface area (Å²) >= 11 is 0. The van der Waals surface area contributed by atoms with Gasteiger partial charge < -0.3 is 10.6 Å². The van der Waals surface area contributed by atoms with Crippen LogP contribution < -0.4 is 10.6 Å². The van der Waals surface area contributed by atoms with Crippen molar-refractivity contribution in [3.8, 4) is 0 Å². The zero-order valence-electron chi connectivity index (χ0n) is 10.0. The van der Waals surface area contributed by atoms with Gasteiger partial charge in [0.2, 0.25) is 5.95 Å². The highest BCUT2D eigenvalue weighted by molar-refractivity contribution is 5.46. The Labute approximate surface area is 106 Å². The number of hydrogen-bond donors (Lipinski definition) is 2. The third-order valence-electron chi connectivity index (χ3n) is 3.06. The third-order valence-corrected chi connectivity index (χ3v) is 3.06. The highest BCUT2D eigenvalue weighted by atomic mass is 15.1. The third kappa shape index (κ3) is 2.46. The summed E-state index contributed by atoms with van der Waals surface area (Å²) in [6.45, 7) is 2.07. The van der Waals surface area contributed by atoms with Crippen molar-refractivity contribution in [1.29, 1.82) is 0 Å². The maximum atomic E-state index is 4.55. The summed E-state index contributed by atoms with van der Waals surface area (Å²) in [7, 11) is 0. The minimum Gasteiger partial charge on any atom is -0.316 e. The fourth-order valence-corrected chi connectivity index (χ4v) is 2.12. The lowest BCUT2D eigenvalue weighted by Crippen LogP contribution is -2.10. The number of anilines is 2. The number of aromatic nitrogens is 3. The lowest BCUT2D eigenvalue weighted by molar-refractivity contribution is 0.732. The van der Waals surface area contributed by atoms with Crippen molar-refractivity contribution >= 4 is 11.8 Å². The van der Waals surface area contributed by atoms with Crippen LogP contribution in [-0.2, 0) is 0 Å². The molecule has 92 valence electrons. The summed E-state index contributed by atoms with van der Waals surface area (Å²) in [4.78, 5) is 13.0. The minimum absolute atomic E-state index is 0.497. The monoisotopic (exact) mass is 241 g/mol. The topological polar surface area (TPSA) is 62.7 Å². The first-order chi connectivity index (χ1) is 8.92. The summed E-state index contributed by atoms with van der Waals surface area (Å²) in [6, 6.07) is 7.70. The molecule has 0 spiro atoms. The maximum absolute atomic E-state index is 4.55. The number of hydrogen-bond acceptors (Lipinski definition) is 5. The van der Waals surface area contributed by atoms with Crippen LogP contribution in [0.5, 0.6) is 0 Å². The molecule has 2 aromatic rings. The predicted molar refractivity (Wildman–Crippen MR) is 69.8 cm³/mol. The van der Waals surface area contributed by atoms with E-state index in [4.69, 9.17) is 0 Å². The Morgan fingerprint density at radius 2 is 2.17 bits per heavy atom. The molecule has 0 unspecified atom stereocenters. The first-order valence-electron chi connectivity index (χ1n) is 6.13. The zero-order chi connectivity index (χ0) is 12.2. The van der Waals surface area contributed by atoms with E-state index in [9.17, 15) is 0 Å². The Morgan fingerprint density at radius 1 is 1.17 bits per heavy atom. The van der Waals surface area contributed by atoms with Crippen LogP contribution in [0.1, 0.15) is 18.0 Å². The van der Waals surface area contributed by atoms with Gasteiger partial charge in [0.05, 0.1) is 5.69 Å². The van der Waals surface area contributed by atoms with Gasteiger partial charge in [0.25, 0.3) is 0 Å². The van der Waals surface area contributed by atoms with E-state index in [1.165, 1.54) is 0 Å². The molecule has 1 aliphatic heterocycles. The number of nitrogens with zero attached hydrogens (tertiary/aromatic N) is 3. The van der Waals surface area contributed by atoms with E-state index in [0.29, 0.717) is 11.9 Å². The van der Waals surface area contributed by atoms with Crippen LogP contribution in [0, 0.1) is 0 Å². The molecule has 0 saturated carbocycles. The summed E-state index contributed by atoms with van der Waals surface area (Å²) in [5, 5.41) is 6.46. The Balaban J connectivity index is 1.78. The van der Waals surface area contributed by atoms with Gasteiger partial charge in [-0.05, 0) is 31.2 Å². The van der Waals surface area contributed by atoms with Crippen molar-refractivity contribution in [3.63, 3.8) is 0 Å². The zero-order valence-corrected chi connectivity index (χ0v) is 10.0. The molecule has 2 N–H and O–H groups in total. The predicted octanol–water partition coefficient (Wildman–Crippen LogP) is 1.69. The van der Waals surface area contributed by atoms with Crippen molar-refractivity contribution in [2.75, 3.05) is 18.4 Å². The molecule has 0 amide bonds. The van der Waals surface area contributed by atoms with Crippen molar-refractivity contribution in [3.05, 3.63) is 42.4 Å². The van der Waals surface area contributed by atoms with Gasteiger partial charge >= 0.3 is 0 Å². The van der Waals surface area contributed by atoms with Crippen molar-refractivity contribution in [1.82, 2.24) is 20.3 Å². The molecular weight excluding hydrogens is 226 g/mol. The molecule has 0 aromatic carbocycles. The van der Waals surface area contributed by atoms with Gasteiger partial charge in [-0.15, -0.1) is 0 Å². The fourth-order valence-electron chi connectivity index (χ4n) is 2.12. The van der Waals surface area contributed by atoms with Crippen molar-refractivity contribution in [2.45, 2.75) is 12.3 Å². The lowest BCUT2D eigenvalue weighted by atomic mass is 10.1. The Bertz CT molecular complexity index is 508. The highest BCUT2D eigenvalue weighted by Gasteiger charge is 2.18. The van der Waals surface area contributed by atoms with Crippen LogP contribution >= 0.6 is 0 Å². The van der Waals surface area contributed by atoms with E-state index < -0.39 is 0 Å². The van der Waals surface area contributed by atoms with Gasteiger partial charge in [-0.1, -0.05) is 6.07 Å². The molecule has 2 aromatic heterocycles. The molecule has 1 atom stereocenters. The van der Waals surface area contributed by atoms with Gasteiger partial charge in [-0.2, -0.15) is 0 Å². The fraction of sp³-hybridized carbons (Fsp3) is 0.308. The average Bonchev–Trinajstić information content (AvgIpc) is 2.94. The highest BCUT2D eigenvalue weighted by Crippen LogP contribution is 2.21. The minimum atomic E-state index is 0.497. The summed E-state index contributed by atoms with van der Waals surface area (Å²) in [5.41, 5.74) is 1.09. The van der Waals surface area contributed by atoms with Gasteiger partial charge in [0.15, 0.2) is 0 Å². The Kier molecular flexibility index (Phi) is 3.14. The van der Waals surface area contributed by atoms with Gasteiger partial charge in [-0.25, -0.2) is 15.0 Å². The van der Waals surface area contributed by atoms with E-state index in [1.54, 1.807) is 12.4 Å². The van der Waals surface area contributed by atoms with E-state index in [2.05, 4.69) is 25.6 Å². The largest absolute Gasteiger partial charge is 0.316 e. The van der Waals surface area contributed by atoms with Crippen molar-refractivity contribution < 1.29 is 0 Å². The molecule has 18 heavy (non-hydrogen) atoms. The summed E-state index contributed by atoms with van der Waals surface area (Å²) in [6.07, 6.45) is 4.68.